The monoisotopic (exact) mass is 438 g/mol. The van der Waals surface area contributed by atoms with Crippen LogP contribution in [0.5, 0.6) is 5.75 Å². The highest BCUT2D eigenvalue weighted by Crippen LogP contribution is 2.28. The molecule has 162 valence electrons. The fourth-order valence-electron chi connectivity index (χ4n) is 3.56. The number of ether oxygens (including phenoxy) is 1. The molecule has 1 N–H and O–H groups in total. The third-order valence-corrected chi connectivity index (χ3v) is 6.08. The average Bonchev–Trinajstić information content (AvgIpc) is 3.55. The van der Waals surface area contributed by atoms with Crippen LogP contribution >= 0.6 is 11.8 Å². The van der Waals surface area contributed by atoms with E-state index in [9.17, 15) is 4.79 Å². The number of thioether (sulfide) groups is 1. The minimum Gasteiger partial charge on any atom is -0.490 e. The van der Waals surface area contributed by atoms with Gasteiger partial charge in [0.25, 0.3) is 0 Å². The van der Waals surface area contributed by atoms with Gasteiger partial charge in [0.05, 0.1) is 24.7 Å². The van der Waals surface area contributed by atoms with Gasteiger partial charge in [-0.25, -0.2) is 0 Å². The molecule has 31 heavy (non-hydrogen) atoms. The number of nitrogens with zero attached hydrogens (tertiary/aromatic N) is 3. The van der Waals surface area contributed by atoms with Crippen LogP contribution in [0.3, 0.4) is 0 Å². The lowest BCUT2D eigenvalue weighted by atomic mass is 10.2. The fourth-order valence-corrected chi connectivity index (χ4v) is 4.34. The van der Waals surface area contributed by atoms with Crippen LogP contribution in [-0.2, 0) is 17.9 Å². The van der Waals surface area contributed by atoms with Gasteiger partial charge in [0.2, 0.25) is 5.91 Å². The first kappa shape index (κ1) is 21.2. The highest BCUT2D eigenvalue weighted by atomic mass is 32.2. The summed E-state index contributed by atoms with van der Waals surface area (Å²) in [5, 5.41) is 12.2. The summed E-state index contributed by atoms with van der Waals surface area (Å²) in [6.07, 6.45) is 8.46. The normalized spacial score (nSPS) is 13.9. The third kappa shape index (κ3) is 5.58. The summed E-state index contributed by atoms with van der Waals surface area (Å²) in [6.45, 7) is 4.76. The number of furan rings is 1. The summed E-state index contributed by atoms with van der Waals surface area (Å²) in [4.78, 5) is 12.2. The Morgan fingerprint density at radius 3 is 2.77 bits per heavy atom. The van der Waals surface area contributed by atoms with Crippen molar-refractivity contribution in [2.24, 2.45) is 0 Å². The number of allylic oxidation sites excluding steroid dienone is 1. The van der Waals surface area contributed by atoms with Crippen LogP contribution in [0.1, 0.15) is 31.4 Å². The van der Waals surface area contributed by atoms with Gasteiger partial charge in [-0.2, -0.15) is 0 Å². The number of aromatic nitrogens is 3. The first-order valence-corrected chi connectivity index (χ1v) is 11.4. The van der Waals surface area contributed by atoms with Crippen molar-refractivity contribution in [2.75, 3.05) is 5.75 Å². The molecule has 0 saturated heterocycles. The predicted octanol–water partition coefficient (Wildman–Crippen LogP) is 4.45. The van der Waals surface area contributed by atoms with Crippen LogP contribution < -0.4 is 10.1 Å². The summed E-state index contributed by atoms with van der Waals surface area (Å²) in [7, 11) is 0. The molecule has 0 radical (unpaired) electrons. The molecule has 0 bridgehead atoms. The van der Waals surface area contributed by atoms with Crippen molar-refractivity contribution >= 4 is 17.7 Å². The van der Waals surface area contributed by atoms with E-state index in [0.29, 0.717) is 24.3 Å². The molecule has 8 heteroatoms. The van der Waals surface area contributed by atoms with E-state index in [1.165, 1.54) is 24.6 Å². The Morgan fingerprint density at radius 2 is 2.06 bits per heavy atom. The summed E-state index contributed by atoms with van der Waals surface area (Å²) >= 11 is 1.35. The van der Waals surface area contributed by atoms with Crippen LogP contribution in [0.25, 0.3) is 11.4 Å². The van der Waals surface area contributed by atoms with Crippen molar-refractivity contribution in [3.63, 3.8) is 0 Å². The van der Waals surface area contributed by atoms with Gasteiger partial charge in [0.15, 0.2) is 11.0 Å². The summed E-state index contributed by atoms with van der Waals surface area (Å²) in [5.74, 6) is 2.49. The Kier molecular flexibility index (Phi) is 7.09. The quantitative estimate of drug-likeness (QED) is 0.372. The zero-order valence-electron chi connectivity index (χ0n) is 17.3. The summed E-state index contributed by atoms with van der Waals surface area (Å²) in [6, 6.07) is 11.6. The highest BCUT2D eigenvalue weighted by Gasteiger charge is 2.18. The average molecular weight is 439 g/mol. The fraction of sp³-hybridized carbons (Fsp3) is 0.348. The Morgan fingerprint density at radius 1 is 1.26 bits per heavy atom. The van der Waals surface area contributed by atoms with Crippen LogP contribution in [0.4, 0.5) is 0 Å². The third-order valence-electron chi connectivity index (χ3n) is 5.12. The van der Waals surface area contributed by atoms with Gasteiger partial charge in [-0.1, -0.05) is 17.8 Å². The lowest BCUT2D eigenvalue weighted by molar-refractivity contribution is -0.118. The lowest BCUT2D eigenvalue weighted by Crippen LogP contribution is -2.24. The maximum atomic E-state index is 12.2. The van der Waals surface area contributed by atoms with E-state index < -0.39 is 0 Å². The molecular formula is C23H26N4O3S. The Labute approximate surface area is 185 Å². The van der Waals surface area contributed by atoms with E-state index >= 15 is 0 Å². The molecule has 1 saturated carbocycles. The van der Waals surface area contributed by atoms with Crippen molar-refractivity contribution < 1.29 is 13.9 Å². The molecule has 1 aliphatic rings. The van der Waals surface area contributed by atoms with Gasteiger partial charge < -0.3 is 14.5 Å². The molecule has 2 heterocycles. The molecule has 0 aliphatic heterocycles. The molecule has 3 aromatic rings. The number of amides is 1. The van der Waals surface area contributed by atoms with Crippen LogP contribution in [0.2, 0.25) is 0 Å². The van der Waals surface area contributed by atoms with E-state index in [1.54, 1.807) is 18.4 Å². The van der Waals surface area contributed by atoms with Crippen molar-refractivity contribution in [2.45, 2.75) is 50.0 Å². The molecule has 4 rings (SSSR count). The van der Waals surface area contributed by atoms with Crippen molar-refractivity contribution in [3.05, 3.63) is 61.1 Å². The molecule has 1 aromatic carbocycles. The molecule has 1 fully saturated rings. The molecule has 0 unspecified atom stereocenters. The first-order chi connectivity index (χ1) is 15.2. The molecule has 0 atom stereocenters. The maximum absolute atomic E-state index is 12.2. The minimum atomic E-state index is -0.0930. The van der Waals surface area contributed by atoms with Gasteiger partial charge in [-0.05, 0) is 62.1 Å². The van der Waals surface area contributed by atoms with Gasteiger partial charge in [0.1, 0.15) is 11.5 Å². The largest absolute Gasteiger partial charge is 0.490 e. The maximum Gasteiger partial charge on any atom is 0.230 e. The molecule has 1 aliphatic carbocycles. The Bertz CT molecular complexity index is 993. The van der Waals surface area contributed by atoms with Crippen LogP contribution in [0.15, 0.2) is 64.9 Å². The molecule has 0 spiro atoms. The molecule has 7 nitrogen and oxygen atoms in total. The number of rotatable bonds is 10. The molecule has 2 aromatic heterocycles. The van der Waals surface area contributed by atoms with E-state index in [1.807, 2.05) is 34.9 Å². The van der Waals surface area contributed by atoms with E-state index in [2.05, 4.69) is 22.1 Å². The second-order valence-electron chi connectivity index (χ2n) is 7.40. The van der Waals surface area contributed by atoms with Gasteiger partial charge in [-0.3, -0.25) is 9.36 Å². The predicted molar refractivity (Wildman–Crippen MR) is 120 cm³/mol. The van der Waals surface area contributed by atoms with Gasteiger partial charge in [-0.15, -0.1) is 16.8 Å². The van der Waals surface area contributed by atoms with E-state index in [4.69, 9.17) is 9.15 Å². The van der Waals surface area contributed by atoms with Crippen LogP contribution in [-0.4, -0.2) is 32.5 Å². The molecular weight excluding hydrogens is 412 g/mol. The van der Waals surface area contributed by atoms with E-state index in [0.717, 1.165) is 35.7 Å². The smallest absolute Gasteiger partial charge is 0.230 e. The number of hydrogen-bond acceptors (Lipinski definition) is 6. The van der Waals surface area contributed by atoms with Crippen LogP contribution in [0, 0.1) is 0 Å². The summed E-state index contributed by atoms with van der Waals surface area (Å²) in [5.41, 5.74) is 0.947. The first-order valence-electron chi connectivity index (χ1n) is 10.5. The van der Waals surface area contributed by atoms with Crippen molar-refractivity contribution in [1.82, 2.24) is 20.1 Å². The standard InChI is InChI=1S/C23H26N4O3S/c1-2-13-27-22(17-9-11-19(12-10-17)30-18-6-3-4-7-18)25-26-23(27)31-16-21(28)24-15-20-8-5-14-29-20/h2,5,8-12,14,18H,1,3-4,6-7,13,15-16H2,(H,24,28). The van der Waals surface area contributed by atoms with Gasteiger partial charge >= 0.3 is 0 Å². The minimum absolute atomic E-state index is 0.0930. The second kappa shape index (κ2) is 10.3. The highest BCUT2D eigenvalue weighted by molar-refractivity contribution is 7.99. The van der Waals surface area contributed by atoms with Gasteiger partial charge in [0, 0.05) is 12.1 Å². The van der Waals surface area contributed by atoms with Crippen molar-refractivity contribution in [3.8, 4) is 17.1 Å². The molecule has 1 amide bonds. The number of nitrogens with one attached hydrogen (secondary N) is 1. The second-order valence-corrected chi connectivity index (χ2v) is 8.34. The Balaban J connectivity index is 1.39. The zero-order valence-corrected chi connectivity index (χ0v) is 18.1. The number of carbonyl (C=O) groups is 1. The summed E-state index contributed by atoms with van der Waals surface area (Å²) < 4.78 is 13.2. The number of carbonyl (C=O) groups excluding carboxylic acids is 1. The Hall–Kier alpha value is -3.00. The number of hydrogen-bond donors (Lipinski definition) is 1. The zero-order chi connectivity index (χ0) is 21.5. The number of benzene rings is 1. The lowest BCUT2D eigenvalue weighted by Gasteiger charge is -2.13. The van der Waals surface area contributed by atoms with Crippen molar-refractivity contribution in [1.29, 1.82) is 0 Å². The topological polar surface area (TPSA) is 82.2 Å². The van der Waals surface area contributed by atoms with E-state index in [-0.39, 0.29) is 11.7 Å². The SMILES string of the molecule is C=CCn1c(SCC(=O)NCc2ccco2)nnc1-c1ccc(OC2CCCC2)cc1.